The number of hydrogen-bond donors (Lipinski definition) is 0. The van der Waals surface area contributed by atoms with Crippen LogP contribution in [0.5, 0.6) is 0 Å². The molecular weight excluding hydrogens is 123 g/mol. The van der Waals surface area contributed by atoms with Gasteiger partial charge in [0.05, 0.1) is 0 Å². The van der Waals surface area contributed by atoms with Gasteiger partial charge in [-0.1, -0.05) is 0 Å². The van der Waals surface area contributed by atoms with E-state index in [2.05, 4.69) is 30.7 Å². The maximum atomic E-state index is 2.57. The van der Waals surface area contributed by atoms with Crippen LogP contribution in [0.1, 0.15) is 13.8 Å². The van der Waals surface area contributed by atoms with Gasteiger partial charge in [0.2, 0.25) is 0 Å². The molecule has 0 aromatic heterocycles. The van der Waals surface area contributed by atoms with Gasteiger partial charge >= 0.3 is 41.8 Å². The summed E-state index contributed by atoms with van der Waals surface area (Å²) in [5.41, 5.74) is 0. The summed E-state index contributed by atoms with van der Waals surface area (Å²) in [7, 11) is 0. The van der Waals surface area contributed by atoms with E-state index in [0.717, 1.165) is 5.92 Å². The third-order valence-corrected chi connectivity index (χ3v) is 1.90. The van der Waals surface area contributed by atoms with Crippen LogP contribution in [0.2, 0.25) is 5.21 Å². The van der Waals surface area contributed by atoms with Crippen molar-refractivity contribution in [2.45, 2.75) is 19.1 Å². The summed E-state index contributed by atoms with van der Waals surface area (Å²) >= 11 is 2.57. The van der Waals surface area contributed by atoms with Gasteiger partial charge in [0.25, 0.3) is 0 Å². The summed E-state index contributed by atoms with van der Waals surface area (Å²) in [5.74, 6) is 0.856. The predicted molar refractivity (Wildman–Crippen MR) is 25.4 cm³/mol. The number of rotatable bonds is 1. The SMILES string of the molecule is CC(C)C[As]. The Hall–Kier alpha value is 0.558. The molecule has 0 heterocycles. The molecule has 0 spiro atoms. The van der Waals surface area contributed by atoms with Crippen molar-refractivity contribution in [2.24, 2.45) is 5.92 Å². The second-order valence-electron chi connectivity index (χ2n) is 1.58. The molecule has 0 nitrogen and oxygen atoms in total. The van der Waals surface area contributed by atoms with E-state index < -0.39 is 0 Å². The molecule has 0 atom stereocenters. The van der Waals surface area contributed by atoms with Gasteiger partial charge in [0.15, 0.2) is 0 Å². The van der Waals surface area contributed by atoms with Gasteiger partial charge in [-0.3, -0.25) is 0 Å². The van der Waals surface area contributed by atoms with Crippen molar-refractivity contribution in [3.63, 3.8) is 0 Å². The van der Waals surface area contributed by atoms with E-state index in [-0.39, 0.29) is 0 Å². The summed E-state index contributed by atoms with van der Waals surface area (Å²) in [4.78, 5) is 0. The molecule has 0 aliphatic heterocycles. The Labute approximate surface area is 42.5 Å². The molecule has 1 heteroatoms. The molecule has 0 saturated heterocycles. The fraction of sp³-hybridized carbons (Fsp3) is 1.00. The molecule has 0 bridgehead atoms. The zero-order valence-electron chi connectivity index (χ0n) is 3.73. The molecule has 0 rings (SSSR count). The monoisotopic (exact) mass is 132 g/mol. The van der Waals surface area contributed by atoms with Crippen LogP contribution < -0.4 is 0 Å². The van der Waals surface area contributed by atoms with E-state index in [9.17, 15) is 0 Å². The third kappa shape index (κ3) is 4.56. The van der Waals surface area contributed by atoms with Crippen molar-refractivity contribution < 1.29 is 0 Å². The van der Waals surface area contributed by atoms with Gasteiger partial charge in [0.1, 0.15) is 0 Å². The molecule has 0 aromatic rings. The second-order valence-corrected chi connectivity index (χ2v) is 2.34. The zero-order chi connectivity index (χ0) is 4.28. The summed E-state index contributed by atoms with van der Waals surface area (Å²) in [5, 5.41) is 1.24. The first kappa shape index (κ1) is 5.56. The summed E-state index contributed by atoms with van der Waals surface area (Å²) in [6.45, 7) is 4.41. The fourth-order valence-electron chi connectivity index (χ4n) is 0. The molecule has 0 aliphatic rings. The molecule has 5 heavy (non-hydrogen) atoms. The normalized spacial score (nSPS) is 9.60. The predicted octanol–water partition coefficient (Wildman–Crippen LogP) is 1.23. The third-order valence-electron chi connectivity index (χ3n) is 0.365. The Bertz CT molecular complexity index is 17.6. The van der Waals surface area contributed by atoms with E-state index in [1.807, 2.05) is 0 Å². The second kappa shape index (κ2) is 2.78. The molecule has 0 unspecified atom stereocenters. The van der Waals surface area contributed by atoms with Gasteiger partial charge in [0, 0.05) is 0 Å². The molecule has 0 saturated carbocycles. The van der Waals surface area contributed by atoms with E-state index >= 15 is 0 Å². The van der Waals surface area contributed by atoms with E-state index in [1.165, 1.54) is 5.21 Å². The van der Waals surface area contributed by atoms with Gasteiger partial charge < -0.3 is 0 Å². The van der Waals surface area contributed by atoms with Crippen LogP contribution in [-0.2, 0) is 0 Å². The molecule has 0 amide bonds. The van der Waals surface area contributed by atoms with Gasteiger partial charge in [-0.2, -0.15) is 0 Å². The standard InChI is InChI=1S/C4H9As/c1-4(2)3-5/h4H,3H2,1-2H3. The van der Waals surface area contributed by atoms with Crippen LogP contribution in [0.3, 0.4) is 0 Å². The molecule has 0 aromatic carbocycles. The number of hydrogen-bond acceptors (Lipinski definition) is 0. The van der Waals surface area contributed by atoms with Crippen molar-refractivity contribution >= 4 is 16.9 Å². The van der Waals surface area contributed by atoms with Crippen LogP contribution in [0.15, 0.2) is 0 Å². The maximum absolute atomic E-state index is 2.57. The van der Waals surface area contributed by atoms with Crippen LogP contribution in [0.4, 0.5) is 0 Å². The summed E-state index contributed by atoms with van der Waals surface area (Å²) < 4.78 is 0. The van der Waals surface area contributed by atoms with Crippen molar-refractivity contribution in [3.05, 3.63) is 0 Å². The molecule has 0 N–H and O–H groups in total. The first-order chi connectivity index (χ1) is 2.27. The Kier molecular flexibility index (Phi) is 3.09. The zero-order valence-corrected chi connectivity index (χ0v) is 5.61. The average Bonchev–Trinajstić information content (AvgIpc) is 1.38. The summed E-state index contributed by atoms with van der Waals surface area (Å²) in [6.07, 6.45) is 0. The first-order valence-electron chi connectivity index (χ1n) is 1.88. The van der Waals surface area contributed by atoms with Gasteiger partial charge in [-0.15, -0.1) is 0 Å². The van der Waals surface area contributed by atoms with E-state index in [1.54, 1.807) is 0 Å². The van der Waals surface area contributed by atoms with Crippen LogP contribution in [0.25, 0.3) is 0 Å². The minimum absolute atomic E-state index is 0.856. The average molecular weight is 132 g/mol. The van der Waals surface area contributed by atoms with E-state index in [0.29, 0.717) is 0 Å². The molecule has 0 aliphatic carbocycles. The van der Waals surface area contributed by atoms with Crippen molar-refractivity contribution in [1.29, 1.82) is 0 Å². The fourth-order valence-corrected chi connectivity index (χ4v) is 0. The Morgan fingerprint density at radius 1 is 1.60 bits per heavy atom. The molecule has 30 valence electrons. The van der Waals surface area contributed by atoms with Crippen molar-refractivity contribution in [1.82, 2.24) is 0 Å². The quantitative estimate of drug-likeness (QED) is 0.470. The van der Waals surface area contributed by atoms with Crippen molar-refractivity contribution in [2.75, 3.05) is 0 Å². The minimum atomic E-state index is 0.856. The Morgan fingerprint density at radius 3 is 1.80 bits per heavy atom. The van der Waals surface area contributed by atoms with Crippen LogP contribution in [0, 0.1) is 5.92 Å². The van der Waals surface area contributed by atoms with Crippen LogP contribution >= 0.6 is 0 Å². The van der Waals surface area contributed by atoms with Gasteiger partial charge in [-0.25, -0.2) is 0 Å². The molecule has 2 radical (unpaired) electrons. The molecular formula is C4H9As. The van der Waals surface area contributed by atoms with Crippen molar-refractivity contribution in [3.8, 4) is 0 Å². The van der Waals surface area contributed by atoms with Crippen LogP contribution in [-0.4, -0.2) is 16.9 Å². The first-order valence-corrected chi connectivity index (χ1v) is 3.21. The summed E-state index contributed by atoms with van der Waals surface area (Å²) in [6, 6.07) is 0. The Morgan fingerprint density at radius 2 is 1.80 bits per heavy atom. The van der Waals surface area contributed by atoms with E-state index in [4.69, 9.17) is 0 Å². The van der Waals surface area contributed by atoms with Gasteiger partial charge in [-0.05, 0) is 0 Å². The topological polar surface area (TPSA) is 0 Å². The Balaban J connectivity index is 2.54. The molecule has 0 fully saturated rings.